The average Bonchev–Trinajstić information content (AvgIpc) is 2.62. The lowest BCUT2D eigenvalue weighted by Gasteiger charge is -2.04. The molecule has 0 bridgehead atoms. The van der Waals surface area contributed by atoms with Crippen molar-refractivity contribution in [1.82, 2.24) is 5.32 Å². The smallest absolute Gasteiger partial charge is 0.0478 e. The highest BCUT2D eigenvalue weighted by Gasteiger charge is 2.01. The van der Waals surface area contributed by atoms with Crippen molar-refractivity contribution in [2.45, 2.75) is 39.7 Å². The van der Waals surface area contributed by atoms with E-state index in [0.29, 0.717) is 0 Å². The quantitative estimate of drug-likeness (QED) is 0.691. The van der Waals surface area contributed by atoms with E-state index in [9.17, 15) is 0 Å². The molecular formula is C13H22BrNOS. The molecule has 0 aliphatic rings. The van der Waals surface area contributed by atoms with Gasteiger partial charge in [-0.3, -0.25) is 0 Å². The number of halogens is 1. The SMILES string of the molecule is CCCCOCCCNCc1cc(Br)c(C)s1. The van der Waals surface area contributed by atoms with Gasteiger partial charge in [-0.05, 0) is 48.3 Å². The molecule has 0 saturated heterocycles. The molecule has 1 aromatic rings. The van der Waals surface area contributed by atoms with E-state index < -0.39 is 0 Å². The number of hydrogen-bond acceptors (Lipinski definition) is 3. The molecule has 4 heteroatoms. The van der Waals surface area contributed by atoms with Crippen molar-refractivity contribution >= 4 is 27.3 Å². The normalized spacial score (nSPS) is 11.0. The molecule has 0 amide bonds. The van der Waals surface area contributed by atoms with E-state index in [1.807, 2.05) is 11.3 Å². The predicted octanol–water partition coefficient (Wildman–Crippen LogP) is 4.12. The summed E-state index contributed by atoms with van der Waals surface area (Å²) in [6.07, 6.45) is 3.48. The predicted molar refractivity (Wildman–Crippen MR) is 78.8 cm³/mol. The second-order valence-corrected chi connectivity index (χ2v) is 6.31. The summed E-state index contributed by atoms with van der Waals surface area (Å²) in [4.78, 5) is 2.74. The minimum atomic E-state index is 0.875. The summed E-state index contributed by atoms with van der Waals surface area (Å²) >= 11 is 5.39. The second-order valence-electron chi connectivity index (χ2n) is 4.11. The zero-order valence-electron chi connectivity index (χ0n) is 10.7. The van der Waals surface area contributed by atoms with Gasteiger partial charge >= 0.3 is 0 Å². The maximum Gasteiger partial charge on any atom is 0.0478 e. The first-order chi connectivity index (χ1) is 8.24. The van der Waals surface area contributed by atoms with Crippen LogP contribution in [0, 0.1) is 6.92 Å². The maximum absolute atomic E-state index is 5.50. The zero-order chi connectivity index (χ0) is 12.5. The highest BCUT2D eigenvalue weighted by Crippen LogP contribution is 2.25. The fourth-order valence-electron chi connectivity index (χ4n) is 1.46. The molecule has 0 aliphatic carbocycles. The van der Waals surface area contributed by atoms with Gasteiger partial charge in [-0.25, -0.2) is 0 Å². The molecule has 17 heavy (non-hydrogen) atoms. The molecule has 0 saturated carbocycles. The molecule has 1 aromatic heterocycles. The minimum absolute atomic E-state index is 0.875. The summed E-state index contributed by atoms with van der Waals surface area (Å²) in [7, 11) is 0. The number of unbranched alkanes of at least 4 members (excludes halogenated alkanes) is 1. The first-order valence-electron chi connectivity index (χ1n) is 6.27. The summed E-state index contributed by atoms with van der Waals surface area (Å²) < 4.78 is 6.73. The Kier molecular flexibility index (Phi) is 8.10. The number of ether oxygens (including phenoxy) is 1. The van der Waals surface area contributed by atoms with Crippen LogP contribution in [0.25, 0.3) is 0 Å². The molecule has 98 valence electrons. The van der Waals surface area contributed by atoms with Crippen LogP contribution in [-0.4, -0.2) is 19.8 Å². The van der Waals surface area contributed by atoms with Gasteiger partial charge in [0.2, 0.25) is 0 Å². The van der Waals surface area contributed by atoms with Gasteiger partial charge in [0.15, 0.2) is 0 Å². The van der Waals surface area contributed by atoms with Gasteiger partial charge < -0.3 is 10.1 Å². The van der Waals surface area contributed by atoms with E-state index in [0.717, 1.165) is 32.7 Å². The van der Waals surface area contributed by atoms with E-state index in [1.165, 1.54) is 27.1 Å². The highest BCUT2D eigenvalue weighted by atomic mass is 79.9. The molecule has 0 fully saturated rings. The lowest BCUT2D eigenvalue weighted by molar-refractivity contribution is 0.129. The van der Waals surface area contributed by atoms with Crippen molar-refractivity contribution in [2.24, 2.45) is 0 Å². The number of nitrogens with one attached hydrogen (secondary N) is 1. The topological polar surface area (TPSA) is 21.3 Å². The van der Waals surface area contributed by atoms with Crippen LogP contribution in [-0.2, 0) is 11.3 Å². The van der Waals surface area contributed by atoms with E-state index in [-0.39, 0.29) is 0 Å². The molecule has 1 rings (SSSR count). The Bertz CT molecular complexity index is 295. The molecular weight excluding hydrogens is 298 g/mol. The average molecular weight is 320 g/mol. The number of thiophene rings is 1. The third kappa shape index (κ3) is 6.55. The van der Waals surface area contributed by atoms with Crippen molar-refractivity contribution in [1.29, 1.82) is 0 Å². The summed E-state index contributed by atoms with van der Waals surface area (Å²) in [5, 5.41) is 3.44. The van der Waals surface area contributed by atoms with Gasteiger partial charge in [-0.2, -0.15) is 0 Å². The van der Waals surface area contributed by atoms with Crippen LogP contribution in [0.2, 0.25) is 0 Å². The largest absolute Gasteiger partial charge is 0.381 e. The van der Waals surface area contributed by atoms with E-state index in [4.69, 9.17) is 4.74 Å². The Morgan fingerprint density at radius 2 is 2.12 bits per heavy atom. The molecule has 0 spiro atoms. The fourth-order valence-corrected chi connectivity index (χ4v) is 3.04. The van der Waals surface area contributed by atoms with E-state index in [1.54, 1.807) is 0 Å². The molecule has 0 aliphatic heterocycles. The Morgan fingerprint density at radius 3 is 2.76 bits per heavy atom. The lowest BCUT2D eigenvalue weighted by Crippen LogP contribution is -2.15. The van der Waals surface area contributed by atoms with Crippen LogP contribution in [0.15, 0.2) is 10.5 Å². The monoisotopic (exact) mass is 319 g/mol. The molecule has 0 radical (unpaired) electrons. The summed E-state index contributed by atoms with van der Waals surface area (Å²) in [6, 6.07) is 2.20. The number of rotatable bonds is 9. The van der Waals surface area contributed by atoms with Crippen molar-refractivity contribution in [3.63, 3.8) is 0 Å². The molecule has 1 heterocycles. The third-order valence-electron chi connectivity index (χ3n) is 2.49. The fraction of sp³-hybridized carbons (Fsp3) is 0.692. The second kappa shape index (κ2) is 9.09. The van der Waals surface area contributed by atoms with Crippen molar-refractivity contribution in [2.75, 3.05) is 19.8 Å². The van der Waals surface area contributed by atoms with Crippen LogP contribution < -0.4 is 5.32 Å². The van der Waals surface area contributed by atoms with Crippen molar-refractivity contribution in [3.05, 3.63) is 20.3 Å². The minimum Gasteiger partial charge on any atom is -0.381 e. The van der Waals surface area contributed by atoms with Crippen molar-refractivity contribution < 1.29 is 4.74 Å². The van der Waals surface area contributed by atoms with Gasteiger partial charge in [-0.1, -0.05) is 13.3 Å². The van der Waals surface area contributed by atoms with Gasteiger partial charge in [-0.15, -0.1) is 11.3 Å². The number of hydrogen-bond donors (Lipinski definition) is 1. The van der Waals surface area contributed by atoms with Crippen LogP contribution in [0.4, 0.5) is 0 Å². The first-order valence-corrected chi connectivity index (χ1v) is 7.88. The Balaban J connectivity index is 1.97. The van der Waals surface area contributed by atoms with Crippen LogP contribution in [0.1, 0.15) is 35.9 Å². The molecule has 2 nitrogen and oxygen atoms in total. The van der Waals surface area contributed by atoms with Crippen molar-refractivity contribution in [3.8, 4) is 0 Å². The van der Waals surface area contributed by atoms with Gasteiger partial charge in [0, 0.05) is 34.0 Å². The Morgan fingerprint density at radius 1 is 1.35 bits per heavy atom. The van der Waals surface area contributed by atoms with Crippen LogP contribution in [0.5, 0.6) is 0 Å². The van der Waals surface area contributed by atoms with E-state index in [2.05, 4.69) is 41.2 Å². The van der Waals surface area contributed by atoms with Crippen LogP contribution >= 0.6 is 27.3 Å². The van der Waals surface area contributed by atoms with E-state index >= 15 is 0 Å². The standard InChI is InChI=1S/C13H22BrNOS/c1-3-4-7-16-8-5-6-15-10-12-9-13(14)11(2)17-12/h9,15H,3-8,10H2,1-2H3. The third-order valence-corrected chi connectivity index (χ3v) is 4.63. The van der Waals surface area contributed by atoms with Gasteiger partial charge in [0.05, 0.1) is 0 Å². The highest BCUT2D eigenvalue weighted by molar-refractivity contribution is 9.10. The first kappa shape index (κ1) is 15.2. The molecule has 0 unspecified atom stereocenters. The lowest BCUT2D eigenvalue weighted by atomic mass is 10.3. The summed E-state index contributed by atoms with van der Waals surface area (Å²) in [5.41, 5.74) is 0. The molecule has 0 aromatic carbocycles. The maximum atomic E-state index is 5.50. The van der Waals surface area contributed by atoms with Crippen LogP contribution in [0.3, 0.4) is 0 Å². The number of aryl methyl sites for hydroxylation is 1. The molecule has 0 atom stereocenters. The zero-order valence-corrected chi connectivity index (χ0v) is 13.1. The Hall–Kier alpha value is 0.1000. The van der Waals surface area contributed by atoms with Gasteiger partial charge in [0.1, 0.15) is 0 Å². The summed E-state index contributed by atoms with van der Waals surface area (Å²) in [6.45, 7) is 8.10. The molecule has 1 N–H and O–H groups in total. The Labute approximate surface area is 117 Å². The van der Waals surface area contributed by atoms with Gasteiger partial charge in [0.25, 0.3) is 0 Å². The summed E-state index contributed by atoms with van der Waals surface area (Å²) in [5.74, 6) is 0.